The molecule has 1 amide bonds. The van der Waals surface area contributed by atoms with Gasteiger partial charge in [-0.25, -0.2) is 4.98 Å². The van der Waals surface area contributed by atoms with Crippen LogP contribution in [0.4, 0.5) is 11.8 Å². The van der Waals surface area contributed by atoms with Crippen molar-refractivity contribution in [1.29, 1.82) is 0 Å². The number of fused-ring (bicyclic) bond motifs is 1. The molecule has 210 valence electrons. The quantitative estimate of drug-likeness (QED) is 0.294. The van der Waals surface area contributed by atoms with E-state index in [1.165, 1.54) is 5.56 Å². The van der Waals surface area contributed by atoms with E-state index in [1.54, 1.807) is 26.4 Å². The minimum atomic E-state index is 0. The first-order valence-corrected chi connectivity index (χ1v) is 13.1. The summed E-state index contributed by atoms with van der Waals surface area (Å²) in [5.41, 5.74) is 8.89. The SMILES string of the molecule is COc1cc2nc(N3CCN(C(=O)c4ccc(OCCCc5ccccc5)cc4)CC3)nc(N)c2cc1OC.Cl. The van der Waals surface area contributed by atoms with Crippen LogP contribution in [0, 0.1) is 0 Å². The Balaban J connectivity index is 0.00000370. The van der Waals surface area contributed by atoms with Crippen molar-refractivity contribution >= 4 is 41.0 Å². The van der Waals surface area contributed by atoms with Crippen LogP contribution in [0.1, 0.15) is 22.3 Å². The number of nitrogen functional groups attached to an aromatic ring is 1. The number of benzene rings is 3. The number of aromatic nitrogens is 2. The van der Waals surface area contributed by atoms with Gasteiger partial charge in [0.2, 0.25) is 5.95 Å². The molecule has 0 saturated carbocycles. The highest BCUT2D eigenvalue weighted by molar-refractivity contribution is 5.94. The first-order chi connectivity index (χ1) is 19.1. The molecular formula is C30H34ClN5O4. The van der Waals surface area contributed by atoms with Crippen LogP contribution in [0.2, 0.25) is 0 Å². The van der Waals surface area contributed by atoms with Gasteiger partial charge in [0, 0.05) is 43.2 Å². The Kier molecular flexibility index (Phi) is 9.50. The van der Waals surface area contributed by atoms with Crippen molar-refractivity contribution in [2.24, 2.45) is 0 Å². The highest BCUT2D eigenvalue weighted by Crippen LogP contribution is 2.34. The van der Waals surface area contributed by atoms with Crippen LogP contribution in [0.5, 0.6) is 17.2 Å². The molecule has 1 aromatic heterocycles. The van der Waals surface area contributed by atoms with Gasteiger partial charge in [-0.05, 0) is 48.7 Å². The molecule has 0 unspecified atom stereocenters. The number of aryl methyl sites for hydroxylation is 1. The number of nitrogens with zero attached hydrogens (tertiary/aromatic N) is 4. The van der Waals surface area contributed by atoms with Crippen LogP contribution >= 0.6 is 12.4 Å². The summed E-state index contributed by atoms with van der Waals surface area (Å²) in [6, 6.07) is 21.3. The zero-order valence-corrected chi connectivity index (χ0v) is 23.5. The van der Waals surface area contributed by atoms with Crippen LogP contribution in [-0.2, 0) is 6.42 Å². The minimum absolute atomic E-state index is 0. The molecule has 9 nitrogen and oxygen atoms in total. The van der Waals surface area contributed by atoms with E-state index in [1.807, 2.05) is 52.3 Å². The molecule has 10 heteroatoms. The largest absolute Gasteiger partial charge is 0.494 e. The van der Waals surface area contributed by atoms with Gasteiger partial charge in [-0.2, -0.15) is 4.98 Å². The Morgan fingerprint density at radius 3 is 2.25 bits per heavy atom. The highest BCUT2D eigenvalue weighted by atomic mass is 35.5. The molecular weight excluding hydrogens is 530 g/mol. The van der Waals surface area contributed by atoms with Gasteiger partial charge < -0.3 is 29.7 Å². The van der Waals surface area contributed by atoms with E-state index in [9.17, 15) is 4.79 Å². The van der Waals surface area contributed by atoms with Crippen molar-refractivity contribution in [2.75, 3.05) is 57.6 Å². The van der Waals surface area contributed by atoms with Gasteiger partial charge in [0.25, 0.3) is 5.91 Å². The van der Waals surface area contributed by atoms with Crippen molar-refractivity contribution in [1.82, 2.24) is 14.9 Å². The zero-order chi connectivity index (χ0) is 27.2. The van der Waals surface area contributed by atoms with Crippen LogP contribution in [-0.4, -0.2) is 67.8 Å². The fourth-order valence-corrected chi connectivity index (χ4v) is 4.70. The van der Waals surface area contributed by atoms with Crippen LogP contribution in [0.15, 0.2) is 66.7 Å². The lowest BCUT2D eigenvalue weighted by molar-refractivity contribution is 0.0746. The fraction of sp³-hybridized carbons (Fsp3) is 0.300. The van der Waals surface area contributed by atoms with Gasteiger partial charge in [0.1, 0.15) is 11.6 Å². The summed E-state index contributed by atoms with van der Waals surface area (Å²) in [7, 11) is 3.16. The molecule has 0 atom stereocenters. The number of methoxy groups -OCH3 is 2. The van der Waals surface area contributed by atoms with Crippen LogP contribution in [0.3, 0.4) is 0 Å². The third kappa shape index (κ3) is 6.48. The molecule has 40 heavy (non-hydrogen) atoms. The number of piperazine rings is 1. The molecule has 0 spiro atoms. The van der Waals surface area contributed by atoms with E-state index in [2.05, 4.69) is 17.1 Å². The molecule has 2 heterocycles. The molecule has 5 rings (SSSR count). The normalized spacial score (nSPS) is 13.1. The Labute approximate surface area is 240 Å². The second-order valence-corrected chi connectivity index (χ2v) is 9.37. The zero-order valence-electron chi connectivity index (χ0n) is 22.7. The third-order valence-electron chi connectivity index (χ3n) is 6.89. The third-order valence-corrected chi connectivity index (χ3v) is 6.89. The van der Waals surface area contributed by atoms with E-state index < -0.39 is 0 Å². The summed E-state index contributed by atoms with van der Waals surface area (Å²) in [5.74, 6) is 2.83. The van der Waals surface area contributed by atoms with Gasteiger partial charge in [-0.1, -0.05) is 30.3 Å². The molecule has 1 fully saturated rings. The monoisotopic (exact) mass is 563 g/mol. The molecule has 1 aliphatic heterocycles. The van der Waals surface area contributed by atoms with Crippen molar-refractivity contribution in [3.63, 3.8) is 0 Å². The number of hydrogen-bond acceptors (Lipinski definition) is 8. The Hall–Kier alpha value is -4.24. The number of nitrogens with two attached hydrogens (primary N) is 1. The number of ether oxygens (including phenoxy) is 3. The predicted molar refractivity (Wildman–Crippen MR) is 159 cm³/mol. The molecule has 0 aliphatic carbocycles. The van der Waals surface area contributed by atoms with Gasteiger partial charge >= 0.3 is 0 Å². The second kappa shape index (κ2) is 13.2. The van der Waals surface area contributed by atoms with Gasteiger partial charge in [0.15, 0.2) is 11.5 Å². The van der Waals surface area contributed by atoms with E-state index in [-0.39, 0.29) is 18.3 Å². The van der Waals surface area contributed by atoms with Crippen molar-refractivity contribution in [3.05, 3.63) is 77.9 Å². The average Bonchev–Trinajstić information content (AvgIpc) is 2.99. The Bertz CT molecular complexity index is 1430. The number of carbonyl (C=O) groups is 1. The summed E-state index contributed by atoms with van der Waals surface area (Å²) >= 11 is 0. The lowest BCUT2D eigenvalue weighted by atomic mass is 10.1. The first kappa shape index (κ1) is 28.8. The van der Waals surface area contributed by atoms with E-state index in [4.69, 9.17) is 24.9 Å². The van der Waals surface area contributed by atoms with E-state index >= 15 is 0 Å². The van der Waals surface area contributed by atoms with E-state index in [0.29, 0.717) is 72.5 Å². The van der Waals surface area contributed by atoms with Crippen molar-refractivity contribution < 1.29 is 19.0 Å². The summed E-state index contributed by atoms with van der Waals surface area (Å²) in [4.78, 5) is 26.2. The molecule has 1 saturated heterocycles. The summed E-state index contributed by atoms with van der Waals surface area (Å²) in [6.45, 7) is 2.96. The van der Waals surface area contributed by atoms with Crippen LogP contribution in [0.25, 0.3) is 10.9 Å². The molecule has 4 aromatic rings. The number of anilines is 2. The smallest absolute Gasteiger partial charge is 0.253 e. The number of carbonyl (C=O) groups excluding carboxylic acids is 1. The Morgan fingerprint density at radius 2 is 1.57 bits per heavy atom. The lowest BCUT2D eigenvalue weighted by Gasteiger charge is -2.35. The maximum Gasteiger partial charge on any atom is 0.253 e. The Morgan fingerprint density at radius 1 is 0.900 bits per heavy atom. The maximum atomic E-state index is 13.1. The first-order valence-electron chi connectivity index (χ1n) is 13.1. The predicted octanol–water partition coefficient (Wildman–Crippen LogP) is 4.63. The molecule has 2 N–H and O–H groups in total. The molecule has 0 bridgehead atoms. The number of hydrogen-bond donors (Lipinski definition) is 1. The van der Waals surface area contributed by atoms with E-state index in [0.717, 1.165) is 18.6 Å². The maximum absolute atomic E-state index is 13.1. The number of rotatable bonds is 9. The molecule has 1 aliphatic rings. The standard InChI is InChI=1S/C30H33N5O4.ClH/c1-37-26-19-24-25(20-27(26)38-2)32-30(33-28(24)31)35-16-14-34(15-17-35)29(36)22-10-12-23(13-11-22)39-18-6-9-21-7-4-3-5-8-21;/h3-5,7-8,10-13,19-20H,6,9,14-18H2,1-2H3,(H2,31,32,33);1H. The second-order valence-electron chi connectivity index (χ2n) is 9.37. The minimum Gasteiger partial charge on any atom is -0.494 e. The molecule has 0 radical (unpaired) electrons. The molecule has 3 aromatic carbocycles. The van der Waals surface area contributed by atoms with Crippen molar-refractivity contribution in [3.8, 4) is 17.2 Å². The fourth-order valence-electron chi connectivity index (χ4n) is 4.70. The van der Waals surface area contributed by atoms with Gasteiger partial charge in [0.05, 0.1) is 26.3 Å². The summed E-state index contributed by atoms with van der Waals surface area (Å²) < 4.78 is 16.6. The number of halogens is 1. The average molecular weight is 564 g/mol. The topological polar surface area (TPSA) is 103 Å². The highest BCUT2D eigenvalue weighted by Gasteiger charge is 2.24. The van der Waals surface area contributed by atoms with Gasteiger partial charge in [-0.3, -0.25) is 4.79 Å². The lowest BCUT2D eigenvalue weighted by Crippen LogP contribution is -2.49. The van der Waals surface area contributed by atoms with Crippen molar-refractivity contribution in [2.45, 2.75) is 12.8 Å². The van der Waals surface area contributed by atoms with Crippen LogP contribution < -0.4 is 24.8 Å². The number of amides is 1. The van der Waals surface area contributed by atoms with Gasteiger partial charge in [-0.15, -0.1) is 12.4 Å². The summed E-state index contributed by atoms with van der Waals surface area (Å²) in [6.07, 6.45) is 1.91. The summed E-state index contributed by atoms with van der Waals surface area (Å²) in [5, 5.41) is 0.703.